The molecule has 2 heteroatoms. The van der Waals surface area contributed by atoms with Gasteiger partial charge in [-0.2, -0.15) is 6.42 Å². The SMILES string of the molecule is [CH2-]CCO.[Co]. The second-order valence-electron chi connectivity index (χ2n) is 0.577. The van der Waals surface area contributed by atoms with E-state index < -0.39 is 0 Å². The van der Waals surface area contributed by atoms with E-state index in [0.717, 1.165) is 0 Å². The summed E-state index contributed by atoms with van der Waals surface area (Å²) in [5, 5.41) is 7.81. The average molecular weight is 118 g/mol. The maximum Gasteiger partial charge on any atom is 0.0159 e. The summed E-state index contributed by atoms with van der Waals surface area (Å²) in [4.78, 5) is 0. The van der Waals surface area contributed by atoms with Crippen LogP contribution in [0.1, 0.15) is 6.42 Å². The molecular formula is C3H7CoO-. The van der Waals surface area contributed by atoms with Crippen molar-refractivity contribution in [3.8, 4) is 0 Å². The van der Waals surface area contributed by atoms with Gasteiger partial charge in [0.15, 0.2) is 0 Å². The summed E-state index contributed by atoms with van der Waals surface area (Å²) in [6.45, 7) is 3.56. The van der Waals surface area contributed by atoms with E-state index >= 15 is 0 Å². The van der Waals surface area contributed by atoms with Gasteiger partial charge >= 0.3 is 0 Å². The van der Waals surface area contributed by atoms with E-state index in [1.807, 2.05) is 0 Å². The van der Waals surface area contributed by atoms with E-state index in [-0.39, 0.29) is 23.4 Å². The van der Waals surface area contributed by atoms with Gasteiger partial charge in [-0.3, -0.25) is 0 Å². The van der Waals surface area contributed by atoms with Crippen LogP contribution in [0.5, 0.6) is 0 Å². The van der Waals surface area contributed by atoms with Crippen LogP contribution < -0.4 is 0 Å². The first-order valence-corrected chi connectivity index (χ1v) is 1.32. The molecule has 0 aliphatic carbocycles. The van der Waals surface area contributed by atoms with E-state index in [0.29, 0.717) is 6.42 Å². The predicted molar refractivity (Wildman–Crippen MR) is 17.1 cm³/mol. The molecular weight excluding hydrogens is 111 g/mol. The summed E-state index contributed by atoms with van der Waals surface area (Å²) in [6.07, 6.45) is 0.625. The Balaban J connectivity index is 0. The molecule has 0 aromatic carbocycles. The van der Waals surface area contributed by atoms with Crippen molar-refractivity contribution in [3.05, 3.63) is 6.92 Å². The topological polar surface area (TPSA) is 20.2 Å². The van der Waals surface area contributed by atoms with E-state index in [1.165, 1.54) is 0 Å². The molecule has 0 amide bonds. The Morgan fingerprint density at radius 1 is 1.60 bits per heavy atom. The van der Waals surface area contributed by atoms with Gasteiger partial charge in [0.05, 0.1) is 0 Å². The van der Waals surface area contributed by atoms with Gasteiger partial charge in [0.25, 0.3) is 0 Å². The van der Waals surface area contributed by atoms with Crippen LogP contribution in [-0.2, 0) is 16.8 Å². The maximum absolute atomic E-state index is 7.81. The van der Waals surface area contributed by atoms with Crippen molar-refractivity contribution in [1.29, 1.82) is 0 Å². The Labute approximate surface area is 42.6 Å². The fourth-order valence-corrected chi connectivity index (χ4v) is 0. The normalized spacial score (nSPS) is 6.00. The van der Waals surface area contributed by atoms with Crippen molar-refractivity contribution in [3.63, 3.8) is 0 Å². The minimum absolute atomic E-state index is 0. The minimum Gasteiger partial charge on any atom is -0.399 e. The van der Waals surface area contributed by atoms with Crippen LogP contribution in [0.2, 0.25) is 0 Å². The smallest absolute Gasteiger partial charge is 0.0159 e. The van der Waals surface area contributed by atoms with Gasteiger partial charge in [0.2, 0.25) is 0 Å². The summed E-state index contributed by atoms with van der Waals surface area (Å²) in [5.41, 5.74) is 0. The number of aliphatic hydroxyl groups is 1. The minimum atomic E-state index is 0. The quantitative estimate of drug-likeness (QED) is 0.487. The molecule has 1 nitrogen and oxygen atoms in total. The Bertz CT molecular complexity index is 8.85. The van der Waals surface area contributed by atoms with Gasteiger partial charge in [-0.05, 0) is 0 Å². The van der Waals surface area contributed by atoms with Crippen LogP contribution in [0, 0.1) is 6.92 Å². The molecule has 0 aromatic heterocycles. The first-order chi connectivity index (χ1) is 1.91. The van der Waals surface area contributed by atoms with Gasteiger partial charge in [-0.15, -0.1) is 0 Å². The Morgan fingerprint density at radius 3 is 1.80 bits per heavy atom. The molecule has 0 fully saturated rings. The molecule has 0 saturated heterocycles. The molecule has 1 N–H and O–H groups in total. The van der Waals surface area contributed by atoms with Gasteiger partial charge in [0.1, 0.15) is 0 Å². The van der Waals surface area contributed by atoms with Crippen molar-refractivity contribution in [2.45, 2.75) is 6.42 Å². The zero-order valence-electron chi connectivity index (χ0n) is 2.90. The van der Waals surface area contributed by atoms with Crippen molar-refractivity contribution in [2.24, 2.45) is 0 Å². The van der Waals surface area contributed by atoms with Crippen LogP contribution in [0.25, 0.3) is 0 Å². The molecule has 0 atom stereocenters. The Kier molecular flexibility index (Phi) is 16.0. The third kappa shape index (κ3) is 12.6. The maximum atomic E-state index is 7.81. The van der Waals surface area contributed by atoms with Crippen LogP contribution in [0.4, 0.5) is 0 Å². The molecule has 1 radical (unpaired) electrons. The summed E-state index contributed by atoms with van der Waals surface area (Å²) in [6, 6.07) is 0. The van der Waals surface area contributed by atoms with Gasteiger partial charge < -0.3 is 12.0 Å². The molecule has 0 unspecified atom stereocenters. The van der Waals surface area contributed by atoms with Crippen LogP contribution in [-0.4, -0.2) is 11.7 Å². The van der Waals surface area contributed by atoms with Crippen LogP contribution in [0.3, 0.4) is 0 Å². The summed E-state index contributed by atoms with van der Waals surface area (Å²) >= 11 is 0. The largest absolute Gasteiger partial charge is 0.399 e. The third-order valence-corrected chi connectivity index (χ3v) is 0.158. The molecule has 0 saturated carbocycles. The molecule has 0 bridgehead atoms. The third-order valence-electron chi connectivity index (χ3n) is 0.158. The fourth-order valence-electron chi connectivity index (χ4n) is 0. The first-order valence-electron chi connectivity index (χ1n) is 1.32. The van der Waals surface area contributed by atoms with E-state index in [9.17, 15) is 0 Å². The molecule has 0 spiro atoms. The molecule has 0 aromatic rings. The van der Waals surface area contributed by atoms with Crippen molar-refractivity contribution in [2.75, 3.05) is 6.61 Å². The van der Waals surface area contributed by atoms with Gasteiger partial charge in [0, 0.05) is 23.4 Å². The standard InChI is InChI=1S/C3H7O.Co/c1-2-3-4;/h4H,1-3H2;/q-1;. The monoisotopic (exact) mass is 118 g/mol. The fraction of sp³-hybridized carbons (Fsp3) is 0.667. The van der Waals surface area contributed by atoms with Crippen LogP contribution >= 0.6 is 0 Å². The second-order valence-corrected chi connectivity index (χ2v) is 0.577. The number of hydrogen-bond donors (Lipinski definition) is 1. The predicted octanol–water partition coefficient (Wildman–Crippen LogP) is 0.200. The van der Waals surface area contributed by atoms with Crippen LogP contribution in [0.15, 0.2) is 0 Å². The van der Waals surface area contributed by atoms with E-state index in [1.54, 1.807) is 0 Å². The molecule has 0 rings (SSSR count). The molecule has 5 heavy (non-hydrogen) atoms. The molecule has 0 aliphatic heterocycles. The van der Waals surface area contributed by atoms with E-state index in [4.69, 9.17) is 5.11 Å². The number of hydrogen-bond acceptors (Lipinski definition) is 1. The molecule has 35 valence electrons. The summed E-state index contributed by atoms with van der Waals surface area (Å²) in [7, 11) is 0. The van der Waals surface area contributed by atoms with Crippen molar-refractivity contribution >= 4 is 0 Å². The van der Waals surface area contributed by atoms with E-state index in [2.05, 4.69) is 6.92 Å². The Hall–Kier alpha value is 0.466. The van der Waals surface area contributed by atoms with Crippen molar-refractivity contribution < 1.29 is 21.9 Å². The average Bonchev–Trinajstić information content (AvgIpc) is 1.37. The Morgan fingerprint density at radius 2 is 1.80 bits per heavy atom. The van der Waals surface area contributed by atoms with Gasteiger partial charge in [-0.1, -0.05) is 0 Å². The summed E-state index contributed by atoms with van der Waals surface area (Å²) < 4.78 is 0. The zero-order valence-corrected chi connectivity index (χ0v) is 3.94. The second kappa shape index (κ2) is 8.82. The first kappa shape index (κ1) is 9.08. The van der Waals surface area contributed by atoms with Crippen molar-refractivity contribution in [1.82, 2.24) is 0 Å². The number of rotatable bonds is 1. The van der Waals surface area contributed by atoms with Gasteiger partial charge in [-0.25, -0.2) is 0 Å². The summed E-state index contributed by atoms with van der Waals surface area (Å²) in [5.74, 6) is 0. The molecule has 0 heterocycles. The molecule has 0 aliphatic rings. The number of aliphatic hydroxyl groups excluding tert-OH is 1. The zero-order chi connectivity index (χ0) is 3.41.